The third-order valence-electron chi connectivity index (χ3n) is 4.23. The first kappa shape index (κ1) is 20.3. The van der Waals surface area contributed by atoms with Crippen LogP contribution in [0.4, 0.5) is 0 Å². The van der Waals surface area contributed by atoms with Crippen molar-refractivity contribution in [1.29, 1.82) is 0 Å². The molecule has 0 amide bonds. The van der Waals surface area contributed by atoms with Crippen LogP contribution in [-0.4, -0.2) is 39.2 Å². The van der Waals surface area contributed by atoms with Crippen LogP contribution in [0.3, 0.4) is 0 Å². The van der Waals surface area contributed by atoms with Crippen molar-refractivity contribution in [2.75, 3.05) is 21.3 Å². The smallest absolute Gasteiger partial charge is 0.342 e. The van der Waals surface area contributed by atoms with Crippen LogP contribution < -0.4 is 14.2 Å². The zero-order valence-electron chi connectivity index (χ0n) is 16.2. The third kappa shape index (κ3) is 4.58. The standard InChI is InChI=1S/C21H24O6/c1-6-14-7-9-15(10-8-14)20(22)13(2)27-21(23)16-11-18(25-4)19(26-5)12-17(16)24-3/h7-13H,6H2,1-5H3. The summed E-state index contributed by atoms with van der Waals surface area (Å²) < 4.78 is 21.0. The van der Waals surface area contributed by atoms with Crippen molar-refractivity contribution in [3.05, 3.63) is 53.1 Å². The molecule has 0 saturated heterocycles. The molecule has 1 atom stereocenters. The van der Waals surface area contributed by atoms with E-state index in [1.807, 2.05) is 19.1 Å². The van der Waals surface area contributed by atoms with Crippen LogP contribution in [0.2, 0.25) is 0 Å². The Labute approximate surface area is 159 Å². The molecule has 0 heterocycles. The summed E-state index contributed by atoms with van der Waals surface area (Å²) in [7, 11) is 4.38. The number of hydrogen-bond acceptors (Lipinski definition) is 6. The summed E-state index contributed by atoms with van der Waals surface area (Å²) in [4.78, 5) is 25.1. The van der Waals surface area contributed by atoms with E-state index in [0.29, 0.717) is 17.1 Å². The van der Waals surface area contributed by atoms with Crippen LogP contribution in [0.15, 0.2) is 36.4 Å². The molecule has 2 rings (SSSR count). The lowest BCUT2D eigenvalue weighted by Crippen LogP contribution is -2.24. The van der Waals surface area contributed by atoms with Gasteiger partial charge in [0.05, 0.1) is 21.3 Å². The molecule has 2 aromatic carbocycles. The largest absolute Gasteiger partial charge is 0.496 e. The molecule has 144 valence electrons. The molecule has 27 heavy (non-hydrogen) atoms. The Hall–Kier alpha value is -3.02. The second-order valence-corrected chi connectivity index (χ2v) is 5.87. The summed E-state index contributed by atoms with van der Waals surface area (Å²) >= 11 is 0. The first-order valence-corrected chi connectivity index (χ1v) is 8.59. The summed E-state index contributed by atoms with van der Waals surface area (Å²) in [5.41, 5.74) is 1.77. The molecule has 0 radical (unpaired) electrons. The van der Waals surface area contributed by atoms with E-state index in [0.717, 1.165) is 12.0 Å². The number of Topliss-reactive ketones (excluding diaryl/α,β-unsaturated/α-hetero) is 1. The van der Waals surface area contributed by atoms with Gasteiger partial charge in [0.2, 0.25) is 5.78 Å². The van der Waals surface area contributed by atoms with Crippen LogP contribution in [0.25, 0.3) is 0 Å². The lowest BCUT2D eigenvalue weighted by molar-refractivity contribution is 0.0315. The highest BCUT2D eigenvalue weighted by Gasteiger charge is 2.24. The second-order valence-electron chi connectivity index (χ2n) is 5.87. The van der Waals surface area contributed by atoms with Crippen LogP contribution in [0.1, 0.15) is 40.1 Å². The number of aryl methyl sites for hydroxylation is 1. The van der Waals surface area contributed by atoms with Crippen LogP contribution in [-0.2, 0) is 11.2 Å². The summed E-state index contributed by atoms with van der Waals surface area (Å²) in [5.74, 6) is 0.0966. The molecule has 0 saturated carbocycles. The Morgan fingerprint density at radius 1 is 0.889 bits per heavy atom. The summed E-state index contributed by atoms with van der Waals surface area (Å²) in [5, 5.41) is 0. The molecule has 2 aromatic rings. The minimum atomic E-state index is -0.942. The Balaban J connectivity index is 2.21. The highest BCUT2D eigenvalue weighted by Crippen LogP contribution is 2.35. The average molecular weight is 372 g/mol. The van der Waals surface area contributed by atoms with Crippen molar-refractivity contribution in [1.82, 2.24) is 0 Å². The number of carbonyl (C=O) groups excluding carboxylic acids is 2. The number of rotatable bonds is 8. The molecule has 0 aliphatic heterocycles. The third-order valence-corrected chi connectivity index (χ3v) is 4.23. The second kappa shape index (κ2) is 9.07. The maximum atomic E-state index is 12.6. The quantitative estimate of drug-likeness (QED) is 0.520. The van der Waals surface area contributed by atoms with E-state index in [2.05, 4.69) is 0 Å². The van der Waals surface area contributed by atoms with Gasteiger partial charge in [-0.25, -0.2) is 4.79 Å². The molecule has 6 heteroatoms. The van der Waals surface area contributed by atoms with Gasteiger partial charge in [0, 0.05) is 17.7 Å². The fourth-order valence-electron chi connectivity index (χ4n) is 2.61. The molecule has 0 aliphatic carbocycles. The number of carbonyl (C=O) groups is 2. The predicted octanol–water partition coefficient (Wildman–Crippen LogP) is 3.70. The summed E-state index contributed by atoms with van der Waals surface area (Å²) in [6.07, 6.45) is -0.0549. The molecule has 1 unspecified atom stereocenters. The lowest BCUT2D eigenvalue weighted by Gasteiger charge is -2.16. The Morgan fingerprint density at radius 2 is 1.44 bits per heavy atom. The number of methoxy groups -OCH3 is 3. The Morgan fingerprint density at radius 3 is 1.96 bits per heavy atom. The minimum Gasteiger partial charge on any atom is -0.496 e. The Kier molecular flexibility index (Phi) is 6.82. The maximum Gasteiger partial charge on any atom is 0.342 e. The SMILES string of the molecule is CCc1ccc(C(=O)C(C)OC(=O)c2cc(OC)c(OC)cc2OC)cc1. The van der Waals surface area contributed by atoms with Gasteiger partial charge < -0.3 is 18.9 Å². The topological polar surface area (TPSA) is 71.1 Å². The van der Waals surface area contributed by atoms with Gasteiger partial charge in [0.25, 0.3) is 0 Å². The van der Waals surface area contributed by atoms with Crippen LogP contribution >= 0.6 is 0 Å². The number of benzene rings is 2. The molecule has 0 fully saturated rings. The summed E-state index contributed by atoms with van der Waals surface area (Å²) in [6.45, 7) is 3.58. The fourth-order valence-corrected chi connectivity index (χ4v) is 2.61. The molecule has 0 spiro atoms. The number of esters is 1. The zero-order chi connectivity index (χ0) is 20.0. The van der Waals surface area contributed by atoms with E-state index in [4.69, 9.17) is 18.9 Å². The fraction of sp³-hybridized carbons (Fsp3) is 0.333. The first-order valence-electron chi connectivity index (χ1n) is 8.59. The first-order chi connectivity index (χ1) is 12.9. The van der Waals surface area contributed by atoms with Crippen molar-refractivity contribution in [2.45, 2.75) is 26.4 Å². The minimum absolute atomic E-state index is 0.149. The van der Waals surface area contributed by atoms with Gasteiger partial charge in [-0.15, -0.1) is 0 Å². The molecule has 0 bridgehead atoms. The van der Waals surface area contributed by atoms with Gasteiger partial charge >= 0.3 is 5.97 Å². The van der Waals surface area contributed by atoms with E-state index in [1.165, 1.54) is 33.5 Å². The van der Waals surface area contributed by atoms with Crippen molar-refractivity contribution < 1.29 is 28.5 Å². The molecule has 6 nitrogen and oxygen atoms in total. The van der Waals surface area contributed by atoms with E-state index < -0.39 is 12.1 Å². The van der Waals surface area contributed by atoms with Crippen LogP contribution in [0, 0.1) is 0 Å². The molecule has 0 aromatic heterocycles. The van der Waals surface area contributed by atoms with E-state index in [9.17, 15) is 9.59 Å². The maximum absolute atomic E-state index is 12.6. The van der Waals surface area contributed by atoms with E-state index in [1.54, 1.807) is 19.1 Å². The van der Waals surface area contributed by atoms with Crippen molar-refractivity contribution in [3.8, 4) is 17.2 Å². The predicted molar refractivity (Wildman–Crippen MR) is 101 cm³/mol. The van der Waals surface area contributed by atoms with Gasteiger partial charge in [0.1, 0.15) is 11.3 Å². The number of ether oxygens (including phenoxy) is 4. The van der Waals surface area contributed by atoms with Crippen molar-refractivity contribution in [3.63, 3.8) is 0 Å². The summed E-state index contributed by atoms with van der Waals surface area (Å²) in [6, 6.07) is 10.3. The highest BCUT2D eigenvalue weighted by molar-refractivity contribution is 6.02. The van der Waals surface area contributed by atoms with Gasteiger partial charge in [-0.2, -0.15) is 0 Å². The molecular formula is C21H24O6. The number of hydrogen-bond donors (Lipinski definition) is 0. The molecule has 0 N–H and O–H groups in total. The van der Waals surface area contributed by atoms with Crippen LogP contribution in [0.5, 0.6) is 17.2 Å². The molecular weight excluding hydrogens is 348 g/mol. The van der Waals surface area contributed by atoms with Gasteiger partial charge in [-0.3, -0.25) is 4.79 Å². The number of ketones is 1. The zero-order valence-corrected chi connectivity index (χ0v) is 16.2. The van der Waals surface area contributed by atoms with E-state index in [-0.39, 0.29) is 17.1 Å². The highest BCUT2D eigenvalue weighted by atomic mass is 16.5. The van der Waals surface area contributed by atoms with Crippen molar-refractivity contribution in [2.24, 2.45) is 0 Å². The van der Waals surface area contributed by atoms with Crippen molar-refractivity contribution >= 4 is 11.8 Å². The molecule has 0 aliphatic rings. The van der Waals surface area contributed by atoms with Gasteiger partial charge in [0.15, 0.2) is 17.6 Å². The van der Waals surface area contributed by atoms with E-state index >= 15 is 0 Å². The average Bonchev–Trinajstić information content (AvgIpc) is 2.71. The monoisotopic (exact) mass is 372 g/mol. The normalized spacial score (nSPS) is 11.4. The Bertz CT molecular complexity index is 810. The van der Waals surface area contributed by atoms with Gasteiger partial charge in [-0.1, -0.05) is 31.2 Å². The lowest BCUT2D eigenvalue weighted by atomic mass is 10.0. The van der Waals surface area contributed by atoms with Gasteiger partial charge in [-0.05, 0) is 18.9 Å².